The molecule has 1 amide bonds. The lowest BCUT2D eigenvalue weighted by Gasteiger charge is -2.27. The molecule has 1 aliphatic heterocycles. The molecule has 27 heavy (non-hydrogen) atoms. The second kappa shape index (κ2) is 10.1. The zero-order chi connectivity index (χ0) is 18.9. The van der Waals surface area contributed by atoms with Crippen LogP contribution in [0.15, 0.2) is 54.6 Å². The number of nitrogens with one attached hydrogen (secondary N) is 2. The maximum Gasteiger partial charge on any atom is 0.246 e. The number of ether oxygens (including phenoxy) is 2. The normalized spacial score (nSPS) is 15.9. The van der Waals surface area contributed by atoms with E-state index < -0.39 is 6.04 Å². The van der Waals surface area contributed by atoms with Crippen molar-refractivity contribution < 1.29 is 14.3 Å². The molecule has 0 radical (unpaired) electrons. The molecule has 2 N–H and O–H groups in total. The number of anilines is 1. The van der Waals surface area contributed by atoms with Crippen molar-refractivity contribution >= 4 is 11.6 Å². The molecule has 3 rings (SSSR count). The lowest BCUT2D eigenvalue weighted by Crippen LogP contribution is -2.42. The Kier molecular flexibility index (Phi) is 7.21. The second-order valence-electron chi connectivity index (χ2n) is 6.47. The van der Waals surface area contributed by atoms with Gasteiger partial charge in [0.25, 0.3) is 0 Å². The average molecular weight is 369 g/mol. The van der Waals surface area contributed by atoms with E-state index in [1.807, 2.05) is 54.6 Å². The SMILES string of the molecule is COc1cccc(NC(=O)C(NCCN2CCOCC2)c2ccccc2)c1. The Balaban J connectivity index is 1.64. The maximum atomic E-state index is 12.9. The number of hydrogen-bond donors (Lipinski definition) is 2. The first kappa shape index (κ1) is 19.4. The molecule has 0 aliphatic carbocycles. The highest BCUT2D eigenvalue weighted by Gasteiger charge is 2.21. The molecular formula is C21H27N3O3. The molecule has 0 aromatic heterocycles. The second-order valence-corrected chi connectivity index (χ2v) is 6.47. The summed E-state index contributed by atoms with van der Waals surface area (Å²) in [6.07, 6.45) is 0. The number of carbonyl (C=O) groups is 1. The maximum absolute atomic E-state index is 12.9. The van der Waals surface area contributed by atoms with Crippen molar-refractivity contribution in [2.45, 2.75) is 6.04 Å². The van der Waals surface area contributed by atoms with E-state index in [4.69, 9.17) is 9.47 Å². The Bertz CT molecular complexity index is 718. The summed E-state index contributed by atoms with van der Waals surface area (Å²) in [5, 5.41) is 6.39. The Hall–Kier alpha value is -2.41. The van der Waals surface area contributed by atoms with Gasteiger partial charge in [0.2, 0.25) is 5.91 Å². The van der Waals surface area contributed by atoms with Crippen molar-refractivity contribution in [1.29, 1.82) is 0 Å². The summed E-state index contributed by atoms with van der Waals surface area (Å²) in [4.78, 5) is 15.3. The smallest absolute Gasteiger partial charge is 0.246 e. The number of hydrogen-bond acceptors (Lipinski definition) is 5. The number of methoxy groups -OCH3 is 1. The number of amides is 1. The summed E-state index contributed by atoms with van der Waals surface area (Å²) in [6.45, 7) is 5.04. The zero-order valence-corrected chi connectivity index (χ0v) is 15.7. The van der Waals surface area contributed by atoms with E-state index in [-0.39, 0.29) is 5.91 Å². The van der Waals surface area contributed by atoms with Gasteiger partial charge in [-0.15, -0.1) is 0 Å². The first-order valence-electron chi connectivity index (χ1n) is 9.29. The highest BCUT2D eigenvalue weighted by Crippen LogP contribution is 2.20. The van der Waals surface area contributed by atoms with Crippen LogP contribution < -0.4 is 15.4 Å². The van der Waals surface area contributed by atoms with Crippen LogP contribution in [0.1, 0.15) is 11.6 Å². The number of rotatable bonds is 8. The highest BCUT2D eigenvalue weighted by atomic mass is 16.5. The summed E-state index contributed by atoms with van der Waals surface area (Å²) < 4.78 is 10.6. The monoisotopic (exact) mass is 369 g/mol. The minimum Gasteiger partial charge on any atom is -0.497 e. The van der Waals surface area contributed by atoms with E-state index in [1.165, 1.54) is 0 Å². The van der Waals surface area contributed by atoms with Crippen LogP contribution in [0.3, 0.4) is 0 Å². The van der Waals surface area contributed by atoms with Crippen molar-refractivity contribution in [2.75, 3.05) is 51.8 Å². The third kappa shape index (κ3) is 5.79. The van der Waals surface area contributed by atoms with Gasteiger partial charge in [-0.2, -0.15) is 0 Å². The van der Waals surface area contributed by atoms with Crippen LogP contribution in [-0.2, 0) is 9.53 Å². The number of morpholine rings is 1. The summed E-state index contributed by atoms with van der Waals surface area (Å²) in [5.74, 6) is 0.626. The fourth-order valence-corrected chi connectivity index (χ4v) is 3.11. The molecule has 2 aromatic carbocycles. The van der Waals surface area contributed by atoms with Crippen LogP contribution >= 0.6 is 0 Å². The van der Waals surface area contributed by atoms with Gasteiger partial charge in [0.1, 0.15) is 11.8 Å². The fraction of sp³-hybridized carbons (Fsp3) is 0.381. The minimum absolute atomic E-state index is 0.0866. The summed E-state index contributed by atoms with van der Waals surface area (Å²) in [6, 6.07) is 16.8. The standard InChI is InChI=1S/C21H27N3O3/c1-26-19-9-5-8-18(16-19)23-21(25)20(17-6-3-2-4-7-17)22-10-11-24-12-14-27-15-13-24/h2-9,16,20,22H,10-15H2,1H3,(H,23,25). The van der Waals surface area contributed by atoms with Gasteiger partial charge in [0.05, 0.1) is 20.3 Å². The molecule has 6 heteroatoms. The Labute approximate surface area is 160 Å². The largest absolute Gasteiger partial charge is 0.497 e. The molecule has 6 nitrogen and oxygen atoms in total. The number of nitrogens with zero attached hydrogens (tertiary/aromatic N) is 1. The van der Waals surface area contributed by atoms with E-state index in [9.17, 15) is 4.79 Å². The van der Waals surface area contributed by atoms with Gasteiger partial charge in [-0.3, -0.25) is 9.69 Å². The van der Waals surface area contributed by atoms with E-state index in [0.29, 0.717) is 5.75 Å². The number of benzene rings is 2. The minimum atomic E-state index is -0.418. The summed E-state index contributed by atoms with van der Waals surface area (Å²) in [5.41, 5.74) is 1.66. The van der Waals surface area contributed by atoms with Crippen molar-refractivity contribution in [2.24, 2.45) is 0 Å². The lowest BCUT2D eigenvalue weighted by molar-refractivity contribution is -0.118. The summed E-state index contributed by atoms with van der Waals surface area (Å²) >= 11 is 0. The number of carbonyl (C=O) groups excluding carboxylic acids is 1. The van der Waals surface area contributed by atoms with Crippen molar-refractivity contribution in [1.82, 2.24) is 10.2 Å². The molecule has 144 valence electrons. The molecule has 0 spiro atoms. The predicted octanol–water partition coefficient (Wildman–Crippen LogP) is 2.30. The first-order valence-corrected chi connectivity index (χ1v) is 9.29. The molecular weight excluding hydrogens is 342 g/mol. The zero-order valence-electron chi connectivity index (χ0n) is 15.7. The quantitative estimate of drug-likeness (QED) is 0.748. The van der Waals surface area contributed by atoms with Crippen molar-refractivity contribution in [3.8, 4) is 5.75 Å². The van der Waals surface area contributed by atoms with Gasteiger partial charge in [0, 0.05) is 37.9 Å². The predicted molar refractivity (Wildman–Crippen MR) is 106 cm³/mol. The summed E-state index contributed by atoms with van der Waals surface area (Å²) in [7, 11) is 1.61. The molecule has 1 fully saturated rings. The lowest BCUT2D eigenvalue weighted by atomic mass is 10.1. The van der Waals surface area contributed by atoms with E-state index in [2.05, 4.69) is 15.5 Å². The van der Waals surface area contributed by atoms with Crippen molar-refractivity contribution in [3.63, 3.8) is 0 Å². The van der Waals surface area contributed by atoms with Crippen LogP contribution in [0.4, 0.5) is 5.69 Å². The molecule has 1 saturated heterocycles. The molecule has 1 heterocycles. The van der Waals surface area contributed by atoms with E-state index in [0.717, 1.165) is 50.6 Å². The highest BCUT2D eigenvalue weighted by molar-refractivity contribution is 5.95. The van der Waals surface area contributed by atoms with Crippen LogP contribution in [0.5, 0.6) is 5.75 Å². The van der Waals surface area contributed by atoms with Gasteiger partial charge < -0.3 is 20.1 Å². The third-order valence-corrected chi connectivity index (χ3v) is 4.61. The van der Waals surface area contributed by atoms with E-state index >= 15 is 0 Å². The average Bonchev–Trinajstić information content (AvgIpc) is 2.72. The topological polar surface area (TPSA) is 62.8 Å². The Morgan fingerprint density at radius 2 is 1.93 bits per heavy atom. The van der Waals surface area contributed by atoms with Crippen molar-refractivity contribution in [3.05, 3.63) is 60.2 Å². The Morgan fingerprint density at radius 1 is 1.15 bits per heavy atom. The van der Waals surface area contributed by atoms with Gasteiger partial charge >= 0.3 is 0 Å². The third-order valence-electron chi connectivity index (χ3n) is 4.61. The van der Waals surface area contributed by atoms with Crippen LogP contribution in [0, 0.1) is 0 Å². The van der Waals surface area contributed by atoms with Gasteiger partial charge in [-0.05, 0) is 17.7 Å². The molecule has 0 saturated carbocycles. The first-order chi connectivity index (χ1) is 13.3. The van der Waals surface area contributed by atoms with Crippen LogP contribution in [0.25, 0.3) is 0 Å². The van der Waals surface area contributed by atoms with Gasteiger partial charge in [-0.25, -0.2) is 0 Å². The van der Waals surface area contributed by atoms with E-state index in [1.54, 1.807) is 7.11 Å². The van der Waals surface area contributed by atoms with Crippen LogP contribution in [0.2, 0.25) is 0 Å². The molecule has 2 aromatic rings. The molecule has 1 atom stereocenters. The van der Waals surface area contributed by atoms with Gasteiger partial charge in [-0.1, -0.05) is 36.4 Å². The van der Waals surface area contributed by atoms with Gasteiger partial charge in [0.15, 0.2) is 0 Å². The Morgan fingerprint density at radius 3 is 2.67 bits per heavy atom. The van der Waals surface area contributed by atoms with Crippen LogP contribution in [-0.4, -0.2) is 57.3 Å². The molecule has 1 unspecified atom stereocenters. The molecule has 0 bridgehead atoms. The fourth-order valence-electron chi connectivity index (χ4n) is 3.11. The molecule has 1 aliphatic rings.